The zero-order chi connectivity index (χ0) is 19.0. The van der Waals surface area contributed by atoms with Crippen molar-refractivity contribution in [3.63, 3.8) is 0 Å². The molecule has 0 rings (SSSR count). The molecule has 0 bridgehead atoms. The Labute approximate surface area is 140 Å². The summed E-state index contributed by atoms with van der Waals surface area (Å²) < 4.78 is 11.2. The molecule has 0 saturated heterocycles. The number of aliphatic hydroxyl groups excluding tert-OH is 1. The molecule has 0 radical (unpaired) electrons. The summed E-state index contributed by atoms with van der Waals surface area (Å²) in [7, 11) is -1.93. The second-order valence-electron chi connectivity index (χ2n) is 5.22. The summed E-state index contributed by atoms with van der Waals surface area (Å²) in [5, 5.41) is 20.1. The minimum Gasteiger partial charge on any atom is -0.480 e. The topological polar surface area (TPSA) is 167 Å². The van der Waals surface area contributed by atoms with Gasteiger partial charge in [0.05, 0.1) is 6.04 Å². The number of carbonyl (C=O) groups is 4. The average Bonchev–Trinajstić information content (AvgIpc) is 2.50. The fraction of sp³-hybridized carbons (Fsp3) is 0.692. The van der Waals surface area contributed by atoms with E-state index in [0.29, 0.717) is 4.90 Å². The van der Waals surface area contributed by atoms with Crippen molar-refractivity contribution in [1.29, 1.82) is 0 Å². The Morgan fingerprint density at radius 1 is 1.21 bits per heavy atom. The van der Waals surface area contributed by atoms with Crippen LogP contribution in [-0.4, -0.2) is 69.4 Å². The van der Waals surface area contributed by atoms with E-state index in [-0.39, 0.29) is 12.6 Å². The van der Waals surface area contributed by atoms with E-state index in [4.69, 9.17) is 15.9 Å². The van der Waals surface area contributed by atoms with Crippen molar-refractivity contribution < 1.29 is 34.0 Å². The van der Waals surface area contributed by atoms with Gasteiger partial charge in [0.25, 0.3) is 5.91 Å². The Kier molecular flexibility index (Phi) is 9.27. The van der Waals surface area contributed by atoms with E-state index in [0.717, 1.165) is 6.92 Å². The Balaban J connectivity index is 5.29. The van der Waals surface area contributed by atoms with Gasteiger partial charge in [-0.3, -0.25) is 19.3 Å². The van der Waals surface area contributed by atoms with Crippen LogP contribution in [0.25, 0.3) is 0 Å². The highest BCUT2D eigenvalue weighted by atomic mass is 31.1. The van der Waals surface area contributed by atoms with Gasteiger partial charge in [0.15, 0.2) is 6.16 Å². The molecule has 0 aromatic carbocycles. The van der Waals surface area contributed by atoms with Crippen LogP contribution in [0.2, 0.25) is 0 Å². The molecule has 136 valence electrons. The quantitative estimate of drug-likeness (QED) is 0.371. The van der Waals surface area contributed by atoms with Crippen LogP contribution in [0.15, 0.2) is 0 Å². The van der Waals surface area contributed by atoms with Crippen molar-refractivity contribution in [2.75, 3.05) is 12.5 Å². The SMILES string of the molecule is CC(=O)N[C@@H](C)C(=O)N(C(=O)C(N)CC[P+](=O)CO)[C@@H](C)C(=O)O. The molecule has 0 aliphatic heterocycles. The Morgan fingerprint density at radius 2 is 1.75 bits per heavy atom. The van der Waals surface area contributed by atoms with Gasteiger partial charge in [0, 0.05) is 13.3 Å². The number of nitrogens with zero attached hydrogens (tertiary/aromatic N) is 1. The lowest BCUT2D eigenvalue weighted by Gasteiger charge is -2.29. The summed E-state index contributed by atoms with van der Waals surface area (Å²) in [4.78, 5) is 47.4. The zero-order valence-electron chi connectivity index (χ0n) is 13.8. The lowest BCUT2D eigenvalue weighted by molar-refractivity contribution is -0.159. The molecule has 0 aromatic rings. The van der Waals surface area contributed by atoms with E-state index in [1.54, 1.807) is 0 Å². The van der Waals surface area contributed by atoms with Crippen LogP contribution >= 0.6 is 7.80 Å². The molecule has 24 heavy (non-hydrogen) atoms. The summed E-state index contributed by atoms with van der Waals surface area (Å²) >= 11 is 0. The number of amides is 3. The second-order valence-corrected chi connectivity index (χ2v) is 6.92. The predicted octanol–water partition coefficient (Wildman–Crippen LogP) is -1.17. The van der Waals surface area contributed by atoms with Crippen molar-refractivity contribution in [1.82, 2.24) is 10.2 Å². The number of hydrogen-bond acceptors (Lipinski definition) is 7. The highest BCUT2D eigenvalue weighted by Gasteiger charge is 2.37. The first-order valence-electron chi connectivity index (χ1n) is 7.18. The number of carboxylic acids is 1. The molecule has 3 amide bonds. The van der Waals surface area contributed by atoms with Crippen molar-refractivity contribution in [2.45, 2.75) is 45.3 Å². The van der Waals surface area contributed by atoms with Gasteiger partial charge in [-0.25, -0.2) is 4.79 Å². The molecule has 0 saturated carbocycles. The Morgan fingerprint density at radius 3 is 2.17 bits per heavy atom. The highest BCUT2D eigenvalue weighted by molar-refractivity contribution is 7.44. The maximum Gasteiger partial charge on any atom is 0.366 e. The molecule has 10 nitrogen and oxygen atoms in total. The maximum atomic E-state index is 12.4. The second kappa shape index (κ2) is 10.1. The lowest BCUT2D eigenvalue weighted by atomic mass is 10.1. The summed E-state index contributed by atoms with van der Waals surface area (Å²) in [5.41, 5.74) is 5.66. The van der Waals surface area contributed by atoms with Crippen LogP contribution in [0.3, 0.4) is 0 Å². The van der Waals surface area contributed by atoms with Gasteiger partial charge in [-0.2, -0.15) is 0 Å². The third-order valence-corrected chi connectivity index (χ3v) is 4.25. The van der Waals surface area contributed by atoms with Crippen LogP contribution in [0.5, 0.6) is 0 Å². The van der Waals surface area contributed by atoms with Crippen molar-refractivity contribution >= 4 is 31.5 Å². The molecular formula is C13H23N3O7P+. The van der Waals surface area contributed by atoms with Gasteiger partial charge < -0.3 is 21.3 Å². The number of hydrogen-bond donors (Lipinski definition) is 4. The molecule has 0 aliphatic carbocycles. The number of aliphatic carboxylic acids is 1. The lowest BCUT2D eigenvalue weighted by Crippen LogP contribution is -2.58. The van der Waals surface area contributed by atoms with Crippen LogP contribution < -0.4 is 11.1 Å². The summed E-state index contributed by atoms with van der Waals surface area (Å²) in [6.45, 7) is 3.63. The van der Waals surface area contributed by atoms with E-state index in [9.17, 15) is 23.7 Å². The van der Waals surface area contributed by atoms with Gasteiger partial charge in [-0.1, -0.05) is 4.57 Å². The molecule has 0 fully saturated rings. The van der Waals surface area contributed by atoms with Crippen LogP contribution in [0.1, 0.15) is 27.2 Å². The first kappa shape index (κ1) is 22.1. The monoisotopic (exact) mass is 364 g/mol. The van der Waals surface area contributed by atoms with Gasteiger partial charge in [-0.05, 0) is 13.8 Å². The van der Waals surface area contributed by atoms with E-state index in [2.05, 4.69) is 5.32 Å². The van der Waals surface area contributed by atoms with Crippen molar-refractivity contribution in [2.24, 2.45) is 5.73 Å². The number of nitrogens with two attached hydrogens (primary N) is 1. The maximum absolute atomic E-state index is 12.4. The van der Waals surface area contributed by atoms with E-state index in [1.165, 1.54) is 13.8 Å². The third kappa shape index (κ3) is 6.69. The van der Waals surface area contributed by atoms with Crippen LogP contribution in [0.4, 0.5) is 0 Å². The number of carboxylic acid groups (broad SMARTS) is 1. The van der Waals surface area contributed by atoms with E-state index < -0.39 is 56.0 Å². The molecule has 4 atom stereocenters. The summed E-state index contributed by atoms with van der Waals surface area (Å²) in [6.07, 6.45) is -0.674. The average molecular weight is 364 g/mol. The molecule has 0 aliphatic rings. The first-order chi connectivity index (χ1) is 11.0. The van der Waals surface area contributed by atoms with E-state index in [1.807, 2.05) is 0 Å². The number of nitrogens with one attached hydrogen (secondary N) is 1. The van der Waals surface area contributed by atoms with Gasteiger partial charge in [0.1, 0.15) is 12.1 Å². The molecule has 11 heteroatoms. The fourth-order valence-corrected chi connectivity index (χ4v) is 2.54. The minimum absolute atomic E-state index is 0.0382. The Bertz CT molecular complexity index is 526. The summed E-state index contributed by atoms with van der Waals surface area (Å²) in [6, 6.07) is -3.86. The largest absolute Gasteiger partial charge is 0.480 e. The van der Waals surface area contributed by atoms with Gasteiger partial charge in [0.2, 0.25) is 18.2 Å². The number of aliphatic hydroxyl groups is 1. The van der Waals surface area contributed by atoms with Gasteiger partial charge in [-0.15, -0.1) is 0 Å². The smallest absolute Gasteiger partial charge is 0.366 e. The third-order valence-electron chi connectivity index (χ3n) is 3.17. The standard InChI is InChI=1S/C13H22N3O7P/c1-7(15-9(3)18)11(19)16(8(2)13(21)22)12(20)10(14)4-5-24(23)6-17/h7-8,10,17H,4-6,14H2,1-3H3,(H-,15,18,21,22)/p+1/t7-,8-,10?/m0/s1. The highest BCUT2D eigenvalue weighted by Crippen LogP contribution is 2.20. The van der Waals surface area contributed by atoms with Crippen molar-refractivity contribution in [3.05, 3.63) is 0 Å². The number of carbonyl (C=O) groups excluding carboxylic acids is 3. The zero-order valence-corrected chi connectivity index (χ0v) is 14.7. The molecule has 5 N–H and O–H groups in total. The molecule has 0 spiro atoms. The predicted molar refractivity (Wildman–Crippen MR) is 84.4 cm³/mol. The molecule has 0 heterocycles. The number of rotatable bonds is 9. The Hall–Kier alpha value is -1.90. The molecule has 0 aromatic heterocycles. The van der Waals surface area contributed by atoms with E-state index >= 15 is 0 Å². The minimum atomic E-state index is -1.93. The number of imide groups is 1. The molecule has 2 unspecified atom stereocenters. The van der Waals surface area contributed by atoms with Crippen LogP contribution in [-0.2, 0) is 23.7 Å². The van der Waals surface area contributed by atoms with Crippen LogP contribution in [0, 0.1) is 0 Å². The molecular weight excluding hydrogens is 341 g/mol. The fourth-order valence-electron chi connectivity index (χ4n) is 1.83. The first-order valence-corrected chi connectivity index (χ1v) is 8.81. The summed E-state index contributed by atoms with van der Waals surface area (Å²) in [5.74, 6) is -3.80. The normalized spacial score (nSPS) is 15.0. The van der Waals surface area contributed by atoms with Crippen molar-refractivity contribution in [3.8, 4) is 0 Å². The van der Waals surface area contributed by atoms with Gasteiger partial charge >= 0.3 is 13.8 Å².